The Labute approximate surface area is 87.5 Å². The van der Waals surface area contributed by atoms with E-state index in [2.05, 4.69) is 4.99 Å². The summed E-state index contributed by atoms with van der Waals surface area (Å²) >= 11 is 0. The van der Waals surface area contributed by atoms with Crippen LogP contribution < -0.4 is 0 Å². The van der Waals surface area contributed by atoms with Crippen molar-refractivity contribution in [2.45, 2.75) is 20.3 Å². The van der Waals surface area contributed by atoms with Gasteiger partial charge in [-0.25, -0.2) is 9.79 Å². The summed E-state index contributed by atoms with van der Waals surface area (Å²) in [5.41, 5.74) is 0.998. The number of carbonyl (C=O) groups is 2. The second kappa shape index (κ2) is 4.66. The fourth-order valence-corrected chi connectivity index (χ4v) is 1.37. The summed E-state index contributed by atoms with van der Waals surface area (Å²) < 4.78 is 0. The van der Waals surface area contributed by atoms with Gasteiger partial charge in [-0.1, -0.05) is 0 Å². The molecular weight excluding hydrogens is 196 g/mol. The number of isocyanates is 1. The second-order valence-electron chi connectivity index (χ2n) is 3.34. The van der Waals surface area contributed by atoms with Crippen molar-refractivity contribution in [1.82, 2.24) is 4.90 Å². The molecular formula is C10H12N2O3. The topological polar surface area (TPSA) is 66.8 Å². The molecule has 0 aromatic carbocycles. The number of imide groups is 1. The number of hydrogen-bond acceptors (Lipinski definition) is 4. The number of aliphatic imine (C=N–C) groups is 1. The molecule has 0 saturated heterocycles. The molecule has 0 aromatic heterocycles. The fourth-order valence-electron chi connectivity index (χ4n) is 1.37. The molecule has 1 aliphatic heterocycles. The van der Waals surface area contributed by atoms with Gasteiger partial charge in [0.05, 0.1) is 6.54 Å². The van der Waals surface area contributed by atoms with E-state index in [1.165, 1.54) is 11.0 Å². The Kier molecular flexibility index (Phi) is 3.52. The minimum absolute atomic E-state index is 0.243. The van der Waals surface area contributed by atoms with Crippen LogP contribution in [0.2, 0.25) is 0 Å². The summed E-state index contributed by atoms with van der Waals surface area (Å²) in [6.07, 6.45) is 1.90. The second-order valence-corrected chi connectivity index (χ2v) is 3.34. The van der Waals surface area contributed by atoms with E-state index in [4.69, 9.17) is 0 Å². The van der Waals surface area contributed by atoms with Crippen molar-refractivity contribution in [2.24, 2.45) is 4.99 Å². The van der Waals surface area contributed by atoms with Gasteiger partial charge in [-0.3, -0.25) is 14.5 Å². The standard InChI is InChI=1S/C10H12N2O3/c1-7-8(2)10(15)12(9(7)14)5-3-4-11-6-13/h3-5H2,1-2H3. The third kappa shape index (κ3) is 2.19. The minimum Gasteiger partial charge on any atom is -0.275 e. The summed E-state index contributed by atoms with van der Waals surface area (Å²) in [6, 6.07) is 0. The maximum absolute atomic E-state index is 11.5. The number of hydrogen-bond donors (Lipinski definition) is 0. The highest BCUT2D eigenvalue weighted by Crippen LogP contribution is 2.19. The Morgan fingerprint density at radius 1 is 1.20 bits per heavy atom. The lowest BCUT2D eigenvalue weighted by molar-refractivity contribution is -0.137. The molecule has 0 bridgehead atoms. The Morgan fingerprint density at radius 3 is 2.20 bits per heavy atom. The van der Waals surface area contributed by atoms with Gasteiger partial charge in [0.1, 0.15) is 0 Å². The first kappa shape index (κ1) is 11.3. The molecule has 80 valence electrons. The molecule has 0 unspecified atom stereocenters. The molecule has 0 aromatic rings. The molecule has 0 radical (unpaired) electrons. The van der Waals surface area contributed by atoms with E-state index in [-0.39, 0.29) is 11.8 Å². The molecule has 0 aliphatic carbocycles. The van der Waals surface area contributed by atoms with Gasteiger partial charge in [0, 0.05) is 17.7 Å². The Hall–Kier alpha value is -1.74. The van der Waals surface area contributed by atoms with Crippen LogP contribution in [0, 0.1) is 0 Å². The first-order valence-electron chi connectivity index (χ1n) is 4.67. The van der Waals surface area contributed by atoms with Gasteiger partial charge in [0.2, 0.25) is 6.08 Å². The molecule has 0 fully saturated rings. The summed E-state index contributed by atoms with van der Waals surface area (Å²) in [6.45, 7) is 3.87. The van der Waals surface area contributed by atoms with Crippen LogP contribution in [-0.4, -0.2) is 35.9 Å². The first-order valence-corrected chi connectivity index (χ1v) is 4.67. The largest absolute Gasteiger partial charge is 0.275 e. The normalized spacial score (nSPS) is 16.0. The van der Waals surface area contributed by atoms with E-state index in [0.717, 1.165) is 0 Å². The third-order valence-corrected chi connectivity index (χ3v) is 2.41. The molecule has 0 atom stereocenters. The maximum Gasteiger partial charge on any atom is 0.256 e. The van der Waals surface area contributed by atoms with Crippen molar-refractivity contribution in [3.63, 3.8) is 0 Å². The Morgan fingerprint density at radius 2 is 1.73 bits per heavy atom. The Balaban J connectivity index is 2.56. The van der Waals surface area contributed by atoms with Crippen LogP contribution in [0.4, 0.5) is 0 Å². The third-order valence-electron chi connectivity index (χ3n) is 2.41. The van der Waals surface area contributed by atoms with E-state index in [1.807, 2.05) is 0 Å². The molecule has 1 aliphatic rings. The molecule has 5 heteroatoms. The highest BCUT2D eigenvalue weighted by molar-refractivity contribution is 6.18. The van der Waals surface area contributed by atoms with Gasteiger partial charge in [-0.2, -0.15) is 0 Å². The molecule has 0 spiro atoms. The van der Waals surface area contributed by atoms with Crippen LogP contribution in [0.3, 0.4) is 0 Å². The molecule has 15 heavy (non-hydrogen) atoms. The number of amides is 2. The summed E-state index contributed by atoms with van der Waals surface area (Å²) in [7, 11) is 0. The molecule has 2 amide bonds. The summed E-state index contributed by atoms with van der Waals surface area (Å²) in [5, 5.41) is 0. The monoisotopic (exact) mass is 208 g/mol. The molecule has 0 saturated carbocycles. The molecule has 0 N–H and O–H groups in total. The lowest BCUT2D eigenvalue weighted by atomic mass is 10.2. The van der Waals surface area contributed by atoms with Crippen molar-refractivity contribution < 1.29 is 14.4 Å². The number of nitrogens with zero attached hydrogens (tertiary/aromatic N) is 2. The zero-order chi connectivity index (χ0) is 11.4. The Bertz CT molecular complexity index is 354. The first-order chi connectivity index (χ1) is 7.09. The maximum atomic E-state index is 11.5. The molecule has 1 rings (SSSR count). The zero-order valence-electron chi connectivity index (χ0n) is 8.74. The van der Waals surface area contributed by atoms with Crippen molar-refractivity contribution in [1.29, 1.82) is 0 Å². The zero-order valence-corrected chi connectivity index (χ0v) is 8.74. The SMILES string of the molecule is CC1=C(C)C(=O)N(CCCN=C=O)C1=O. The average molecular weight is 208 g/mol. The van der Waals surface area contributed by atoms with Crippen molar-refractivity contribution >= 4 is 17.9 Å². The predicted octanol–water partition coefficient (Wildman–Crippen LogP) is 0.417. The van der Waals surface area contributed by atoms with Crippen molar-refractivity contribution in [2.75, 3.05) is 13.1 Å². The smallest absolute Gasteiger partial charge is 0.256 e. The van der Waals surface area contributed by atoms with Crippen LogP contribution in [0.15, 0.2) is 16.1 Å². The average Bonchev–Trinajstić information content (AvgIpc) is 2.41. The van der Waals surface area contributed by atoms with Gasteiger partial charge in [0.15, 0.2) is 0 Å². The van der Waals surface area contributed by atoms with E-state index in [1.54, 1.807) is 13.8 Å². The fraction of sp³-hybridized carbons (Fsp3) is 0.500. The minimum atomic E-state index is -0.243. The summed E-state index contributed by atoms with van der Waals surface area (Å²) in [4.78, 5) is 37.4. The van der Waals surface area contributed by atoms with Crippen molar-refractivity contribution in [3.8, 4) is 0 Å². The number of carbonyl (C=O) groups excluding carboxylic acids is 3. The van der Waals surface area contributed by atoms with Crippen LogP contribution in [0.1, 0.15) is 20.3 Å². The lowest BCUT2D eigenvalue weighted by Crippen LogP contribution is -2.32. The summed E-state index contributed by atoms with van der Waals surface area (Å²) in [5.74, 6) is -0.486. The highest BCUT2D eigenvalue weighted by atomic mass is 16.2. The van der Waals surface area contributed by atoms with E-state index in [9.17, 15) is 14.4 Å². The van der Waals surface area contributed by atoms with E-state index < -0.39 is 0 Å². The van der Waals surface area contributed by atoms with Crippen LogP contribution in [0.5, 0.6) is 0 Å². The van der Waals surface area contributed by atoms with Crippen LogP contribution in [0.25, 0.3) is 0 Å². The molecule has 5 nitrogen and oxygen atoms in total. The van der Waals surface area contributed by atoms with Gasteiger partial charge < -0.3 is 0 Å². The van der Waals surface area contributed by atoms with E-state index in [0.29, 0.717) is 30.7 Å². The van der Waals surface area contributed by atoms with Gasteiger partial charge in [-0.05, 0) is 20.3 Å². The predicted molar refractivity (Wildman–Crippen MR) is 52.7 cm³/mol. The molecule has 1 heterocycles. The highest BCUT2D eigenvalue weighted by Gasteiger charge is 2.32. The van der Waals surface area contributed by atoms with E-state index >= 15 is 0 Å². The van der Waals surface area contributed by atoms with Gasteiger partial charge in [0.25, 0.3) is 11.8 Å². The van der Waals surface area contributed by atoms with Crippen LogP contribution >= 0.6 is 0 Å². The van der Waals surface area contributed by atoms with Crippen LogP contribution in [-0.2, 0) is 14.4 Å². The van der Waals surface area contributed by atoms with Crippen molar-refractivity contribution in [3.05, 3.63) is 11.1 Å². The van der Waals surface area contributed by atoms with Gasteiger partial charge >= 0.3 is 0 Å². The van der Waals surface area contributed by atoms with Gasteiger partial charge in [-0.15, -0.1) is 0 Å². The quantitative estimate of drug-likeness (QED) is 0.291. The number of rotatable bonds is 4. The lowest BCUT2D eigenvalue weighted by Gasteiger charge is -2.13.